The number of rotatable bonds is 4. The highest BCUT2D eigenvalue weighted by Gasteiger charge is 2.28. The summed E-state index contributed by atoms with van der Waals surface area (Å²) in [6.07, 6.45) is 2.51. The van der Waals surface area contributed by atoms with Gasteiger partial charge in [-0.2, -0.15) is 0 Å². The Kier molecular flexibility index (Phi) is 3.78. The molecule has 104 valence electrons. The maximum Gasteiger partial charge on any atom is 0.163 e. The molecule has 0 amide bonds. The summed E-state index contributed by atoms with van der Waals surface area (Å²) in [5, 5.41) is 0. The van der Waals surface area contributed by atoms with Crippen molar-refractivity contribution in [2.24, 2.45) is 5.92 Å². The highest BCUT2D eigenvalue weighted by molar-refractivity contribution is 6.05. The molecule has 2 aromatic carbocycles. The first-order valence-corrected chi connectivity index (χ1v) is 7.12. The number of allylic oxidation sites excluding steroid dienone is 2. The maximum atomic E-state index is 12.3. The quantitative estimate of drug-likeness (QED) is 0.793. The zero-order chi connectivity index (χ0) is 14.7. The summed E-state index contributed by atoms with van der Waals surface area (Å²) in [7, 11) is 0. The molecular formula is C19H16O2. The molecule has 1 aliphatic rings. The lowest BCUT2D eigenvalue weighted by molar-refractivity contribution is -0.114. The minimum absolute atomic E-state index is 0.00685. The van der Waals surface area contributed by atoms with E-state index in [2.05, 4.69) is 0 Å². The predicted molar refractivity (Wildman–Crippen MR) is 82.9 cm³/mol. The molecule has 1 atom stereocenters. The van der Waals surface area contributed by atoms with E-state index in [9.17, 15) is 9.59 Å². The molecule has 2 nitrogen and oxygen atoms in total. The summed E-state index contributed by atoms with van der Waals surface area (Å²) < 4.78 is 0. The van der Waals surface area contributed by atoms with Gasteiger partial charge in [0.15, 0.2) is 11.6 Å². The van der Waals surface area contributed by atoms with Gasteiger partial charge < -0.3 is 0 Å². The molecule has 0 saturated carbocycles. The first kappa shape index (κ1) is 13.5. The topological polar surface area (TPSA) is 34.1 Å². The molecule has 0 radical (unpaired) electrons. The first-order valence-electron chi connectivity index (χ1n) is 7.12. The van der Waals surface area contributed by atoms with E-state index in [-0.39, 0.29) is 17.5 Å². The molecule has 0 N–H and O–H groups in total. The number of hydrogen-bond acceptors (Lipinski definition) is 2. The smallest absolute Gasteiger partial charge is 0.163 e. The molecule has 2 aromatic rings. The van der Waals surface area contributed by atoms with E-state index in [1.165, 1.54) is 0 Å². The molecule has 0 aliphatic heterocycles. The molecule has 0 unspecified atom stereocenters. The third kappa shape index (κ3) is 3.00. The van der Waals surface area contributed by atoms with Crippen molar-refractivity contribution in [2.75, 3.05) is 0 Å². The molecular weight excluding hydrogens is 260 g/mol. The highest BCUT2D eigenvalue weighted by atomic mass is 16.1. The monoisotopic (exact) mass is 276 g/mol. The van der Waals surface area contributed by atoms with E-state index in [0.29, 0.717) is 18.4 Å². The Labute approximate surface area is 124 Å². The Balaban J connectivity index is 1.81. The van der Waals surface area contributed by atoms with Crippen LogP contribution in [0.15, 0.2) is 66.7 Å². The Morgan fingerprint density at radius 2 is 1.57 bits per heavy atom. The van der Waals surface area contributed by atoms with Crippen molar-refractivity contribution in [3.8, 4) is 0 Å². The first-order chi connectivity index (χ1) is 10.2. The van der Waals surface area contributed by atoms with Gasteiger partial charge in [-0.15, -0.1) is 0 Å². The normalized spacial score (nSPS) is 17.6. The second kappa shape index (κ2) is 5.88. The van der Waals surface area contributed by atoms with Gasteiger partial charge in [0.25, 0.3) is 0 Å². The van der Waals surface area contributed by atoms with E-state index in [0.717, 1.165) is 11.1 Å². The lowest BCUT2D eigenvalue weighted by atomic mass is 9.89. The molecule has 0 heterocycles. The van der Waals surface area contributed by atoms with Crippen molar-refractivity contribution < 1.29 is 9.59 Å². The Hall–Kier alpha value is -2.48. The van der Waals surface area contributed by atoms with Crippen molar-refractivity contribution in [1.82, 2.24) is 0 Å². The van der Waals surface area contributed by atoms with Crippen molar-refractivity contribution in [3.63, 3.8) is 0 Å². The van der Waals surface area contributed by atoms with Crippen molar-refractivity contribution in [2.45, 2.75) is 12.8 Å². The van der Waals surface area contributed by atoms with Gasteiger partial charge in [-0.1, -0.05) is 60.7 Å². The van der Waals surface area contributed by atoms with Crippen LogP contribution < -0.4 is 0 Å². The van der Waals surface area contributed by atoms with Gasteiger partial charge in [-0.3, -0.25) is 9.59 Å². The van der Waals surface area contributed by atoms with Gasteiger partial charge in [0.05, 0.1) is 0 Å². The fraction of sp³-hybridized carbons (Fsp3) is 0.158. The standard InChI is InChI=1S/C19H16O2/c20-17-11-16(12-19(21)15-9-5-2-6-10-15)18(13-17)14-7-3-1-4-8-14/h1-10,13,16H,11-12H2/t16-/m1/s1. The summed E-state index contributed by atoms with van der Waals surface area (Å²) in [4.78, 5) is 24.1. The van der Waals surface area contributed by atoms with Gasteiger partial charge >= 0.3 is 0 Å². The SMILES string of the molecule is O=C1C=C(c2ccccc2)[C@@H](CC(=O)c2ccccc2)C1. The van der Waals surface area contributed by atoms with E-state index in [1.54, 1.807) is 6.08 Å². The highest BCUT2D eigenvalue weighted by Crippen LogP contribution is 2.35. The third-order valence-electron chi connectivity index (χ3n) is 3.84. The molecule has 0 bridgehead atoms. The molecule has 0 saturated heterocycles. The average molecular weight is 276 g/mol. The fourth-order valence-electron chi connectivity index (χ4n) is 2.80. The molecule has 1 aliphatic carbocycles. The van der Waals surface area contributed by atoms with E-state index in [4.69, 9.17) is 0 Å². The fourth-order valence-corrected chi connectivity index (χ4v) is 2.80. The second-order valence-electron chi connectivity index (χ2n) is 5.33. The number of ketones is 2. The van der Waals surface area contributed by atoms with Gasteiger partial charge in [0.2, 0.25) is 0 Å². The number of benzene rings is 2. The number of hydrogen-bond donors (Lipinski definition) is 0. The van der Waals surface area contributed by atoms with Crippen LogP contribution in [0.5, 0.6) is 0 Å². The van der Waals surface area contributed by atoms with Crippen LogP contribution in [0.2, 0.25) is 0 Å². The van der Waals surface area contributed by atoms with Crippen molar-refractivity contribution >= 4 is 17.1 Å². The average Bonchev–Trinajstić information content (AvgIpc) is 2.89. The Morgan fingerprint density at radius 1 is 0.952 bits per heavy atom. The molecule has 0 aromatic heterocycles. The molecule has 21 heavy (non-hydrogen) atoms. The van der Waals surface area contributed by atoms with Crippen LogP contribution in [0.3, 0.4) is 0 Å². The van der Waals surface area contributed by atoms with Crippen LogP contribution in [0.25, 0.3) is 5.57 Å². The largest absolute Gasteiger partial charge is 0.295 e. The third-order valence-corrected chi connectivity index (χ3v) is 3.84. The zero-order valence-electron chi connectivity index (χ0n) is 11.7. The minimum atomic E-state index is -0.00685. The van der Waals surface area contributed by atoms with E-state index in [1.807, 2.05) is 60.7 Å². The van der Waals surface area contributed by atoms with Crippen LogP contribution in [0.1, 0.15) is 28.8 Å². The lowest BCUT2D eigenvalue weighted by Gasteiger charge is -2.14. The zero-order valence-corrected chi connectivity index (χ0v) is 11.7. The molecule has 0 fully saturated rings. The number of Topliss-reactive ketones (excluding diaryl/α,β-unsaturated/α-hetero) is 1. The van der Waals surface area contributed by atoms with Crippen LogP contribution in [0, 0.1) is 5.92 Å². The van der Waals surface area contributed by atoms with Crippen molar-refractivity contribution in [3.05, 3.63) is 77.9 Å². The maximum absolute atomic E-state index is 12.3. The summed E-state index contributed by atoms with van der Waals surface area (Å²) in [6, 6.07) is 19.1. The van der Waals surface area contributed by atoms with Gasteiger partial charge in [0.1, 0.15) is 0 Å². The van der Waals surface area contributed by atoms with E-state index >= 15 is 0 Å². The summed E-state index contributed by atoms with van der Waals surface area (Å²) >= 11 is 0. The lowest BCUT2D eigenvalue weighted by Crippen LogP contribution is -2.09. The van der Waals surface area contributed by atoms with Gasteiger partial charge in [-0.25, -0.2) is 0 Å². The molecule has 0 spiro atoms. The minimum Gasteiger partial charge on any atom is -0.295 e. The van der Waals surface area contributed by atoms with Crippen LogP contribution in [-0.4, -0.2) is 11.6 Å². The predicted octanol–water partition coefficient (Wildman–Crippen LogP) is 3.93. The number of carbonyl (C=O) groups is 2. The van der Waals surface area contributed by atoms with Gasteiger partial charge in [-0.05, 0) is 23.1 Å². The summed E-state index contributed by atoms with van der Waals surface area (Å²) in [5.74, 6) is 0.199. The van der Waals surface area contributed by atoms with Crippen LogP contribution in [0.4, 0.5) is 0 Å². The summed E-state index contributed by atoms with van der Waals surface area (Å²) in [6.45, 7) is 0. The van der Waals surface area contributed by atoms with Crippen LogP contribution in [-0.2, 0) is 4.79 Å². The van der Waals surface area contributed by atoms with E-state index < -0.39 is 0 Å². The van der Waals surface area contributed by atoms with Crippen LogP contribution >= 0.6 is 0 Å². The van der Waals surface area contributed by atoms with Crippen molar-refractivity contribution in [1.29, 1.82) is 0 Å². The van der Waals surface area contributed by atoms with Gasteiger partial charge in [0, 0.05) is 18.4 Å². The Bertz CT molecular complexity index is 684. The second-order valence-corrected chi connectivity index (χ2v) is 5.33. The molecule has 3 rings (SSSR count). The number of carbonyl (C=O) groups excluding carboxylic acids is 2. The molecule has 2 heteroatoms. The Morgan fingerprint density at radius 3 is 2.24 bits per heavy atom. The summed E-state index contributed by atoms with van der Waals surface area (Å²) in [5.41, 5.74) is 2.74.